The summed E-state index contributed by atoms with van der Waals surface area (Å²) < 4.78 is 51.2. The molecule has 1 unspecified atom stereocenters. The van der Waals surface area contributed by atoms with Crippen molar-refractivity contribution in [1.29, 1.82) is 0 Å². The highest BCUT2D eigenvalue weighted by Gasteiger charge is 2.38. The van der Waals surface area contributed by atoms with E-state index >= 15 is 0 Å². The number of alkyl halides is 3. The molecule has 0 aliphatic carbocycles. The van der Waals surface area contributed by atoms with Crippen LogP contribution in [-0.2, 0) is 11.0 Å². The van der Waals surface area contributed by atoms with Crippen LogP contribution in [-0.4, -0.2) is 18.5 Å². The fourth-order valence-corrected chi connectivity index (χ4v) is 1.94. The topological polar surface area (TPSA) is 46.3 Å². The van der Waals surface area contributed by atoms with E-state index in [0.29, 0.717) is 6.07 Å². The number of rotatable bonds is 1. The first-order chi connectivity index (χ1) is 8.29. The zero-order valence-corrected chi connectivity index (χ0v) is 9.17. The smallest absolute Gasteiger partial charge is 0.326 e. The summed E-state index contributed by atoms with van der Waals surface area (Å²) in [4.78, 5) is 12.5. The second-order valence-corrected chi connectivity index (χ2v) is 4.13. The first kappa shape index (κ1) is 12.8. The van der Waals surface area contributed by atoms with Gasteiger partial charge in [-0.1, -0.05) is 0 Å². The van der Waals surface area contributed by atoms with E-state index in [1.807, 2.05) is 0 Å². The molecule has 1 fully saturated rings. The van der Waals surface area contributed by atoms with E-state index in [1.54, 1.807) is 0 Å². The second kappa shape index (κ2) is 4.24. The second-order valence-electron chi connectivity index (χ2n) is 4.13. The van der Waals surface area contributed by atoms with Crippen LogP contribution in [0.1, 0.15) is 12.0 Å². The summed E-state index contributed by atoms with van der Waals surface area (Å²) in [6, 6.07) is 1.73. The van der Waals surface area contributed by atoms with Crippen LogP contribution >= 0.6 is 0 Å². The molecule has 1 atom stereocenters. The Morgan fingerprint density at radius 2 is 2.00 bits per heavy atom. The van der Waals surface area contributed by atoms with Crippen LogP contribution < -0.4 is 10.6 Å². The Kier molecular flexibility index (Phi) is 3.02. The van der Waals surface area contributed by atoms with E-state index in [2.05, 4.69) is 0 Å². The van der Waals surface area contributed by atoms with E-state index in [1.165, 1.54) is 0 Å². The molecule has 1 aliphatic rings. The lowest BCUT2D eigenvalue weighted by molar-refractivity contribution is -0.137. The van der Waals surface area contributed by atoms with Gasteiger partial charge in [-0.25, -0.2) is 4.39 Å². The van der Waals surface area contributed by atoms with Crippen LogP contribution in [0, 0.1) is 5.82 Å². The van der Waals surface area contributed by atoms with Gasteiger partial charge < -0.3 is 10.6 Å². The minimum absolute atomic E-state index is 0.00528. The van der Waals surface area contributed by atoms with Crippen LogP contribution in [0.25, 0.3) is 0 Å². The van der Waals surface area contributed by atoms with Gasteiger partial charge in [-0.05, 0) is 18.2 Å². The zero-order chi connectivity index (χ0) is 13.5. The molecule has 0 bridgehead atoms. The third-order valence-electron chi connectivity index (χ3n) is 2.71. The number of carbonyl (C=O) groups excluding carboxylic acids is 1. The molecule has 18 heavy (non-hydrogen) atoms. The summed E-state index contributed by atoms with van der Waals surface area (Å²) in [6.07, 6.45) is -4.72. The number of nitrogens with two attached hydrogens (primary N) is 1. The van der Waals surface area contributed by atoms with Crippen molar-refractivity contribution in [3.8, 4) is 0 Å². The highest BCUT2D eigenvalue weighted by Crippen LogP contribution is 2.38. The van der Waals surface area contributed by atoms with Crippen molar-refractivity contribution in [3.63, 3.8) is 0 Å². The lowest BCUT2D eigenvalue weighted by atomic mass is 10.1. The number of hydrogen-bond donors (Lipinski definition) is 1. The van der Waals surface area contributed by atoms with Gasteiger partial charge in [0, 0.05) is 19.0 Å². The van der Waals surface area contributed by atoms with Gasteiger partial charge in [-0.3, -0.25) is 4.79 Å². The van der Waals surface area contributed by atoms with Gasteiger partial charge in [0.2, 0.25) is 5.91 Å². The zero-order valence-electron chi connectivity index (χ0n) is 9.17. The first-order valence-electron chi connectivity index (χ1n) is 5.21. The molecule has 2 N–H and O–H groups in total. The van der Waals surface area contributed by atoms with Gasteiger partial charge in [-0.2, -0.15) is 13.2 Å². The van der Waals surface area contributed by atoms with Gasteiger partial charge in [-0.15, -0.1) is 0 Å². The molecule has 0 saturated carbocycles. The van der Waals surface area contributed by atoms with E-state index in [-0.39, 0.29) is 18.7 Å². The highest BCUT2D eigenvalue weighted by atomic mass is 19.4. The van der Waals surface area contributed by atoms with Crippen molar-refractivity contribution >= 4 is 11.6 Å². The van der Waals surface area contributed by atoms with Crippen molar-refractivity contribution in [2.75, 3.05) is 11.4 Å². The molecule has 3 nitrogen and oxygen atoms in total. The predicted molar refractivity (Wildman–Crippen MR) is 56.3 cm³/mol. The summed E-state index contributed by atoms with van der Waals surface area (Å²) in [5.41, 5.74) is 4.02. The van der Waals surface area contributed by atoms with Crippen LogP contribution in [0.15, 0.2) is 18.2 Å². The normalized spacial score (nSPS) is 20.6. The highest BCUT2D eigenvalue weighted by molar-refractivity contribution is 5.97. The number of hydrogen-bond acceptors (Lipinski definition) is 2. The van der Waals surface area contributed by atoms with Gasteiger partial charge in [0.25, 0.3) is 0 Å². The first-order valence-corrected chi connectivity index (χ1v) is 5.21. The van der Waals surface area contributed by atoms with Crippen LogP contribution in [0.4, 0.5) is 23.2 Å². The Balaban J connectivity index is 2.48. The van der Waals surface area contributed by atoms with E-state index < -0.39 is 29.5 Å². The summed E-state index contributed by atoms with van der Waals surface area (Å²) in [7, 11) is 0. The third kappa shape index (κ3) is 2.31. The van der Waals surface area contributed by atoms with Crippen molar-refractivity contribution in [1.82, 2.24) is 0 Å². The lowest BCUT2D eigenvalue weighted by Crippen LogP contribution is -2.30. The molecular weight excluding hydrogens is 252 g/mol. The molecule has 1 amide bonds. The third-order valence-corrected chi connectivity index (χ3v) is 2.71. The molecule has 1 aliphatic heterocycles. The largest absolute Gasteiger partial charge is 0.418 e. The summed E-state index contributed by atoms with van der Waals surface area (Å²) in [5, 5.41) is 0. The average Bonchev–Trinajstić information content (AvgIpc) is 2.56. The number of amides is 1. The Morgan fingerprint density at radius 1 is 1.33 bits per heavy atom. The minimum Gasteiger partial charge on any atom is -0.326 e. The number of benzene rings is 1. The summed E-state index contributed by atoms with van der Waals surface area (Å²) in [5.74, 6) is -1.48. The minimum atomic E-state index is -4.72. The molecule has 1 aromatic rings. The standard InChI is InChI=1S/C11H10F4N2O/c12-6-1-2-9(8(3-6)11(13,14)15)17-5-7(16)4-10(17)18/h1-3,7H,4-5,16H2. The predicted octanol–water partition coefficient (Wildman–Crippen LogP) is 1.91. The molecule has 0 spiro atoms. The van der Waals surface area contributed by atoms with E-state index in [4.69, 9.17) is 5.73 Å². The van der Waals surface area contributed by atoms with Gasteiger partial charge in [0.05, 0.1) is 11.3 Å². The maximum atomic E-state index is 12.9. The van der Waals surface area contributed by atoms with Crippen molar-refractivity contribution in [2.45, 2.75) is 18.6 Å². The van der Waals surface area contributed by atoms with Crippen LogP contribution in [0.2, 0.25) is 0 Å². The van der Waals surface area contributed by atoms with Gasteiger partial charge >= 0.3 is 6.18 Å². The molecule has 1 heterocycles. The number of halogens is 4. The molecule has 7 heteroatoms. The molecular formula is C11H10F4N2O. The number of carbonyl (C=O) groups is 1. The van der Waals surface area contributed by atoms with Crippen molar-refractivity contribution < 1.29 is 22.4 Å². The number of nitrogens with zero attached hydrogens (tertiary/aromatic N) is 1. The van der Waals surface area contributed by atoms with Crippen molar-refractivity contribution in [3.05, 3.63) is 29.6 Å². The maximum absolute atomic E-state index is 12.9. The van der Waals surface area contributed by atoms with E-state index in [0.717, 1.165) is 17.0 Å². The fourth-order valence-electron chi connectivity index (χ4n) is 1.94. The molecule has 1 aromatic carbocycles. The Bertz CT molecular complexity index is 486. The molecule has 2 rings (SSSR count). The monoisotopic (exact) mass is 262 g/mol. The SMILES string of the molecule is NC1CC(=O)N(c2ccc(F)cc2C(F)(F)F)C1. The van der Waals surface area contributed by atoms with Crippen molar-refractivity contribution in [2.24, 2.45) is 5.73 Å². The van der Waals surface area contributed by atoms with E-state index in [9.17, 15) is 22.4 Å². The Hall–Kier alpha value is -1.63. The summed E-state index contributed by atoms with van der Waals surface area (Å²) in [6.45, 7) is 0.00749. The van der Waals surface area contributed by atoms with Crippen LogP contribution in [0.3, 0.4) is 0 Å². The number of anilines is 1. The molecule has 0 radical (unpaired) electrons. The van der Waals surface area contributed by atoms with Crippen LogP contribution in [0.5, 0.6) is 0 Å². The van der Waals surface area contributed by atoms with Gasteiger partial charge in [0.15, 0.2) is 0 Å². The Morgan fingerprint density at radius 3 is 2.50 bits per heavy atom. The quantitative estimate of drug-likeness (QED) is 0.786. The molecule has 98 valence electrons. The lowest BCUT2D eigenvalue weighted by Gasteiger charge is -2.21. The average molecular weight is 262 g/mol. The molecule has 0 aromatic heterocycles. The van der Waals surface area contributed by atoms with Gasteiger partial charge in [0.1, 0.15) is 5.82 Å². The maximum Gasteiger partial charge on any atom is 0.418 e. The summed E-state index contributed by atoms with van der Waals surface area (Å²) >= 11 is 0. The Labute approximate surface area is 100 Å². The molecule has 1 saturated heterocycles. The fraction of sp³-hybridized carbons (Fsp3) is 0.364.